The fourth-order valence-corrected chi connectivity index (χ4v) is 1.92. The second kappa shape index (κ2) is 4.14. The van der Waals surface area contributed by atoms with Gasteiger partial charge in [0.25, 0.3) is 0 Å². The third-order valence-electron chi connectivity index (χ3n) is 2.65. The van der Waals surface area contributed by atoms with Crippen LogP contribution in [0, 0.1) is 11.6 Å². The van der Waals surface area contributed by atoms with Crippen molar-refractivity contribution in [1.29, 1.82) is 0 Å². The molecule has 15 heavy (non-hydrogen) atoms. The molecule has 0 saturated carbocycles. The lowest BCUT2D eigenvalue weighted by Crippen LogP contribution is -2.17. The summed E-state index contributed by atoms with van der Waals surface area (Å²) in [5.74, 6) is -0.807. The van der Waals surface area contributed by atoms with Crippen molar-refractivity contribution in [1.82, 2.24) is 5.32 Å². The molecule has 1 aromatic carbocycles. The van der Waals surface area contributed by atoms with Crippen molar-refractivity contribution in [2.24, 2.45) is 0 Å². The Bertz CT molecular complexity index is 368. The number of hydrogen-bond acceptors (Lipinski definition) is 2. The van der Waals surface area contributed by atoms with Gasteiger partial charge in [0.15, 0.2) is 0 Å². The monoisotopic (exact) mass is 213 g/mol. The molecule has 82 valence electrons. The van der Waals surface area contributed by atoms with Crippen LogP contribution in [-0.2, 0) is 0 Å². The van der Waals surface area contributed by atoms with Gasteiger partial charge in [-0.25, -0.2) is 8.78 Å². The molecular weight excluding hydrogens is 200 g/mol. The van der Waals surface area contributed by atoms with Crippen LogP contribution in [0.25, 0.3) is 0 Å². The highest BCUT2D eigenvalue weighted by Gasteiger charge is 2.23. The molecule has 2 rings (SSSR count). The first-order valence-electron chi connectivity index (χ1n) is 5.01. The number of nitrogens with one attached hydrogen (secondary N) is 1. The van der Waals surface area contributed by atoms with Crippen molar-refractivity contribution in [3.8, 4) is 5.75 Å². The first-order chi connectivity index (χ1) is 7.22. The fraction of sp³-hybridized carbons (Fsp3) is 0.455. The normalized spacial score (nSPS) is 20.3. The molecule has 1 heterocycles. The van der Waals surface area contributed by atoms with Crippen molar-refractivity contribution < 1.29 is 13.5 Å². The van der Waals surface area contributed by atoms with E-state index in [-0.39, 0.29) is 6.04 Å². The molecule has 0 spiro atoms. The smallest absolute Gasteiger partial charge is 0.134 e. The minimum absolute atomic E-state index is 0.0944. The Morgan fingerprint density at radius 1 is 1.40 bits per heavy atom. The lowest BCUT2D eigenvalue weighted by Gasteiger charge is -2.16. The molecule has 0 bridgehead atoms. The molecule has 1 unspecified atom stereocenters. The zero-order valence-electron chi connectivity index (χ0n) is 8.52. The van der Waals surface area contributed by atoms with Gasteiger partial charge in [0.1, 0.15) is 17.4 Å². The second-order valence-electron chi connectivity index (χ2n) is 3.63. The van der Waals surface area contributed by atoms with Crippen LogP contribution in [0.15, 0.2) is 12.1 Å². The van der Waals surface area contributed by atoms with E-state index in [2.05, 4.69) is 5.32 Å². The van der Waals surface area contributed by atoms with Crippen molar-refractivity contribution in [3.05, 3.63) is 29.3 Å². The van der Waals surface area contributed by atoms with E-state index in [0.29, 0.717) is 17.9 Å². The molecule has 4 heteroatoms. The van der Waals surface area contributed by atoms with Gasteiger partial charge in [0.05, 0.1) is 6.61 Å². The van der Waals surface area contributed by atoms with Crippen molar-refractivity contribution in [2.75, 3.05) is 13.7 Å². The Balaban J connectivity index is 2.50. The third-order valence-corrected chi connectivity index (χ3v) is 2.65. The molecule has 0 amide bonds. The summed E-state index contributed by atoms with van der Waals surface area (Å²) in [7, 11) is 1.77. The molecule has 0 radical (unpaired) electrons. The van der Waals surface area contributed by atoms with Crippen molar-refractivity contribution in [3.63, 3.8) is 0 Å². The quantitative estimate of drug-likeness (QED) is 0.773. The maximum Gasteiger partial charge on any atom is 0.134 e. The van der Waals surface area contributed by atoms with Gasteiger partial charge >= 0.3 is 0 Å². The Kier molecular flexibility index (Phi) is 2.86. The molecule has 0 saturated heterocycles. The first kappa shape index (κ1) is 10.4. The van der Waals surface area contributed by atoms with E-state index >= 15 is 0 Å². The highest BCUT2D eigenvalue weighted by Crippen LogP contribution is 2.33. The summed E-state index contributed by atoms with van der Waals surface area (Å²) in [6.07, 6.45) is 1.63. The number of rotatable bonds is 1. The summed E-state index contributed by atoms with van der Waals surface area (Å²) >= 11 is 0. The fourth-order valence-electron chi connectivity index (χ4n) is 1.92. The molecular formula is C11H13F2NO. The zero-order valence-corrected chi connectivity index (χ0v) is 8.52. The van der Waals surface area contributed by atoms with Gasteiger partial charge in [-0.05, 0) is 19.9 Å². The average Bonchev–Trinajstić information content (AvgIpc) is 2.39. The van der Waals surface area contributed by atoms with Crippen molar-refractivity contribution in [2.45, 2.75) is 18.9 Å². The number of fused-ring (bicyclic) bond motifs is 1. The molecule has 0 aliphatic carbocycles. The van der Waals surface area contributed by atoms with Gasteiger partial charge < -0.3 is 10.1 Å². The number of ether oxygens (including phenoxy) is 1. The topological polar surface area (TPSA) is 21.3 Å². The van der Waals surface area contributed by atoms with Crippen LogP contribution in [0.4, 0.5) is 8.78 Å². The van der Waals surface area contributed by atoms with E-state index in [1.54, 1.807) is 7.05 Å². The van der Waals surface area contributed by atoms with Crippen LogP contribution in [0.3, 0.4) is 0 Å². The highest BCUT2D eigenvalue weighted by atomic mass is 19.1. The Hall–Kier alpha value is -1.16. The minimum Gasteiger partial charge on any atom is -0.493 e. The molecule has 1 aliphatic rings. The molecule has 1 aliphatic heterocycles. The summed E-state index contributed by atoms with van der Waals surface area (Å²) in [6, 6.07) is 2.05. The summed E-state index contributed by atoms with van der Waals surface area (Å²) < 4.78 is 31.9. The van der Waals surface area contributed by atoms with Crippen LogP contribution >= 0.6 is 0 Å². The van der Waals surface area contributed by atoms with Gasteiger partial charge in [-0.1, -0.05) is 0 Å². The van der Waals surface area contributed by atoms with E-state index in [9.17, 15) is 8.78 Å². The standard InChI is InChI=1S/C11H13F2NO/c1-14-9-3-2-4-15-10-6-7(12)5-8(13)11(9)10/h5-6,9,14H,2-4H2,1H3. The molecule has 1 aromatic rings. The number of benzene rings is 1. The SMILES string of the molecule is CNC1CCCOc2cc(F)cc(F)c21. The lowest BCUT2D eigenvalue weighted by atomic mass is 10.0. The molecule has 1 N–H and O–H groups in total. The van der Waals surface area contributed by atoms with E-state index in [1.807, 2.05) is 0 Å². The zero-order chi connectivity index (χ0) is 10.8. The Labute approximate surface area is 87.2 Å². The molecule has 1 atom stereocenters. The van der Waals surface area contributed by atoms with E-state index < -0.39 is 11.6 Å². The van der Waals surface area contributed by atoms with Gasteiger partial charge in [-0.3, -0.25) is 0 Å². The Morgan fingerprint density at radius 3 is 2.93 bits per heavy atom. The van der Waals surface area contributed by atoms with Crippen LogP contribution in [-0.4, -0.2) is 13.7 Å². The summed E-state index contributed by atoms with van der Waals surface area (Å²) in [4.78, 5) is 0. The predicted octanol–water partition coefficient (Wildman–Crippen LogP) is 2.40. The van der Waals surface area contributed by atoms with Gasteiger partial charge in [0.2, 0.25) is 0 Å². The van der Waals surface area contributed by atoms with Crippen LogP contribution in [0.5, 0.6) is 5.75 Å². The Morgan fingerprint density at radius 2 is 2.20 bits per heavy atom. The van der Waals surface area contributed by atoms with E-state index in [4.69, 9.17) is 4.74 Å². The van der Waals surface area contributed by atoms with Gasteiger partial charge in [-0.2, -0.15) is 0 Å². The maximum absolute atomic E-state index is 13.6. The van der Waals surface area contributed by atoms with Gasteiger partial charge in [0, 0.05) is 23.7 Å². The summed E-state index contributed by atoms with van der Waals surface area (Å²) in [6.45, 7) is 0.508. The maximum atomic E-state index is 13.6. The van der Waals surface area contributed by atoms with E-state index in [1.165, 1.54) is 6.07 Å². The molecule has 2 nitrogen and oxygen atoms in total. The first-order valence-corrected chi connectivity index (χ1v) is 5.01. The third kappa shape index (κ3) is 1.95. The van der Waals surface area contributed by atoms with E-state index in [0.717, 1.165) is 18.9 Å². The largest absolute Gasteiger partial charge is 0.493 e. The average molecular weight is 213 g/mol. The van der Waals surface area contributed by atoms with Crippen LogP contribution in [0.1, 0.15) is 24.4 Å². The lowest BCUT2D eigenvalue weighted by molar-refractivity contribution is 0.313. The number of hydrogen-bond donors (Lipinski definition) is 1. The predicted molar refractivity (Wildman–Crippen MR) is 52.9 cm³/mol. The molecule has 0 fully saturated rings. The summed E-state index contributed by atoms with van der Waals surface area (Å²) in [5, 5.41) is 3.02. The van der Waals surface area contributed by atoms with Crippen LogP contribution < -0.4 is 10.1 Å². The summed E-state index contributed by atoms with van der Waals surface area (Å²) in [5.41, 5.74) is 0.441. The van der Waals surface area contributed by atoms with Gasteiger partial charge in [-0.15, -0.1) is 0 Å². The molecule has 0 aromatic heterocycles. The minimum atomic E-state index is -0.594. The van der Waals surface area contributed by atoms with Crippen molar-refractivity contribution >= 4 is 0 Å². The number of halogens is 2. The van der Waals surface area contributed by atoms with Crippen LogP contribution in [0.2, 0.25) is 0 Å². The highest BCUT2D eigenvalue weighted by molar-refractivity contribution is 5.38. The second-order valence-corrected chi connectivity index (χ2v) is 3.63.